The van der Waals surface area contributed by atoms with Crippen LogP contribution < -0.4 is 9.84 Å². The summed E-state index contributed by atoms with van der Waals surface area (Å²) in [6.45, 7) is 10.4. The molecule has 5 rings (SSSR count). The predicted molar refractivity (Wildman–Crippen MR) is 150 cm³/mol. The monoisotopic (exact) mass is 511 g/mol. The number of carbonyl (C=O) groups excluding carboxylic acids is 1. The first-order chi connectivity index (χ1) is 18.3. The highest BCUT2D eigenvalue weighted by Gasteiger charge is 2.53. The Balaban J connectivity index is 1.31. The Morgan fingerprint density at radius 2 is 1.76 bits per heavy atom. The standard InChI is InChI=1S/C34H40O4/c1-5-37-15-16-38-28-17-22(2)33(23(3)18-28)29-8-6-7-26(24(29)4)11-9-25-10-12-30-27(19-25)21-34(13-14-34)31(30)20-32(35)36/h6-8,10,12,17-19,31H,5,9,11,13-16,20-21H2,1-4H3,(H,35,36)/p-1. The Kier molecular flexibility index (Phi) is 7.63. The number of benzene rings is 3. The van der Waals surface area contributed by atoms with Gasteiger partial charge in [-0.15, -0.1) is 0 Å². The molecule has 0 amide bonds. The number of rotatable bonds is 11. The number of fused-ring (bicyclic) bond motifs is 1. The molecule has 3 aromatic rings. The normalized spacial score (nSPS) is 17.0. The summed E-state index contributed by atoms with van der Waals surface area (Å²) in [4.78, 5) is 11.4. The Morgan fingerprint density at radius 3 is 2.45 bits per heavy atom. The molecule has 200 valence electrons. The molecule has 1 atom stereocenters. The Labute approximate surface area is 227 Å². The smallest absolute Gasteiger partial charge is 0.119 e. The lowest BCUT2D eigenvalue weighted by Crippen LogP contribution is -2.26. The van der Waals surface area contributed by atoms with Gasteiger partial charge in [0.25, 0.3) is 0 Å². The van der Waals surface area contributed by atoms with Gasteiger partial charge < -0.3 is 19.4 Å². The van der Waals surface area contributed by atoms with Gasteiger partial charge in [0.05, 0.1) is 6.61 Å². The van der Waals surface area contributed by atoms with Crippen LogP contribution in [-0.4, -0.2) is 25.8 Å². The van der Waals surface area contributed by atoms with E-state index in [1.165, 1.54) is 50.1 Å². The predicted octanol–water partition coefficient (Wildman–Crippen LogP) is 6.04. The van der Waals surface area contributed by atoms with Crippen LogP contribution in [0.5, 0.6) is 5.75 Å². The fourth-order valence-corrected chi connectivity index (χ4v) is 6.62. The maximum Gasteiger partial charge on any atom is 0.119 e. The highest BCUT2D eigenvalue weighted by molar-refractivity contribution is 5.75. The van der Waals surface area contributed by atoms with Gasteiger partial charge in [0, 0.05) is 12.6 Å². The first-order valence-corrected chi connectivity index (χ1v) is 14.0. The third kappa shape index (κ3) is 5.37. The Morgan fingerprint density at radius 1 is 1.00 bits per heavy atom. The SMILES string of the molecule is CCOCCOc1cc(C)c(-c2cccc(CCc3ccc4c(c3)CC3(CC3)C4CC(=O)[O-])c2C)c(C)c1. The summed E-state index contributed by atoms with van der Waals surface area (Å²) in [5.74, 6) is 0.0925. The molecule has 0 aliphatic heterocycles. The van der Waals surface area contributed by atoms with Gasteiger partial charge in [0.15, 0.2) is 0 Å². The minimum absolute atomic E-state index is 0.128. The quantitative estimate of drug-likeness (QED) is 0.295. The van der Waals surface area contributed by atoms with Crippen molar-refractivity contribution in [3.05, 3.63) is 87.5 Å². The zero-order valence-electron chi connectivity index (χ0n) is 23.2. The second kappa shape index (κ2) is 10.9. The van der Waals surface area contributed by atoms with E-state index in [0.717, 1.165) is 37.9 Å². The van der Waals surface area contributed by atoms with Gasteiger partial charge >= 0.3 is 0 Å². The molecular formula is C34H39O4-. The summed E-state index contributed by atoms with van der Waals surface area (Å²) in [6, 6.07) is 17.6. The van der Waals surface area contributed by atoms with E-state index in [2.05, 4.69) is 69.3 Å². The molecule has 0 aromatic heterocycles. The topological polar surface area (TPSA) is 58.6 Å². The Bertz CT molecular complexity index is 1310. The molecule has 4 heteroatoms. The van der Waals surface area contributed by atoms with E-state index in [1.807, 2.05) is 6.92 Å². The van der Waals surface area contributed by atoms with Gasteiger partial charge in [-0.05, 0) is 140 Å². The van der Waals surface area contributed by atoms with Gasteiger partial charge in [-0.3, -0.25) is 0 Å². The number of carbonyl (C=O) groups is 1. The minimum atomic E-state index is -0.928. The fourth-order valence-electron chi connectivity index (χ4n) is 6.62. The summed E-state index contributed by atoms with van der Waals surface area (Å²) < 4.78 is 11.3. The summed E-state index contributed by atoms with van der Waals surface area (Å²) in [7, 11) is 0. The molecule has 0 bridgehead atoms. The van der Waals surface area contributed by atoms with Crippen molar-refractivity contribution < 1.29 is 19.4 Å². The molecule has 1 unspecified atom stereocenters. The third-order valence-corrected chi connectivity index (χ3v) is 8.73. The van der Waals surface area contributed by atoms with Crippen LogP contribution in [0.25, 0.3) is 11.1 Å². The van der Waals surface area contributed by atoms with Crippen LogP contribution in [0, 0.1) is 26.2 Å². The number of ether oxygens (including phenoxy) is 2. The maximum absolute atomic E-state index is 11.4. The van der Waals surface area contributed by atoms with Gasteiger partial charge in [-0.1, -0.05) is 36.4 Å². The van der Waals surface area contributed by atoms with Gasteiger partial charge in [-0.2, -0.15) is 0 Å². The largest absolute Gasteiger partial charge is 0.550 e. The molecule has 38 heavy (non-hydrogen) atoms. The average molecular weight is 512 g/mol. The number of hydrogen-bond acceptors (Lipinski definition) is 4. The van der Waals surface area contributed by atoms with E-state index in [-0.39, 0.29) is 17.8 Å². The summed E-state index contributed by atoms with van der Waals surface area (Å²) in [5.41, 5.74) is 11.8. The number of carboxylic acids is 1. The van der Waals surface area contributed by atoms with Crippen LogP contribution in [0.3, 0.4) is 0 Å². The zero-order valence-corrected chi connectivity index (χ0v) is 23.2. The van der Waals surface area contributed by atoms with E-state index in [1.54, 1.807) is 0 Å². The molecule has 0 heterocycles. The lowest BCUT2D eigenvalue weighted by Gasteiger charge is -2.20. The van der Waals surface area contributed by atoms with Crippen molar-refractivity contribution in [3.63, 3.8) is 0 Å². The minimum Gasteiger partial charge on any atom is -0.550 e. The second-order valence-electron chi connectivity index (χ2n) is 11.3. The first-order valence-electron chi connectivity index (χ1n) is 14.0. The van der Waals surface area contributed by atoms with Crippen molar-refractivity contribution in [1.29, 1.82) is 0 Å². The van der Waals surface area contributed by atoms with E-state index in [9.17, 15) is 9.90 Å². The van der Waals surface area contributed by atoms with Crippen LogP contribution in [0.1, 0.15) is 71.0 Å². The van der Waals surface area contributed by atoms with Crippen molar-refractivity contribution in [2.45, 2.75) is 72.1 Å². The second-order valence-corrected chi connectivity index (χ2v) is 11.3. The lowest BCUT2D eigenvalue weighted by molar-refractivity contribution is -0.306. The average Bonchev–Trinajstić information content (AvgIpc) is 3.59. The van der Waals surface area contributed by atoms with Gasteiger partial charge in [-0.25, -0.2) is 0 Å². The van der Waals surface area contributed by atoms with Crippen molar-refractivity contribution in [1.82, 2.24) is 0 Å². The number of aliphatic carboxylic acids is 1. The molecule has 1 spiro atoms. The van der Waals surface area contributed by atoms with Crippen molar-refractivity contribution in [3.8, 4) is 16.9 Å². The van der Waals surface area contributed by atoms with E-state index < -0.39 is 5.97 Å². The molecule has 2 aliphatic rings. The summed E-state index contributed by atoms with van der Waals surface area (Å²) in [5, 5.41) is 11.4. The van der Waals surface area contributed by atoms with Crippen molar-refractivity contribution >= 4 is 5.97 Å². The molecule has 4 nitrogen and oxygen atoms in total. The van der Waals surface area contributed by atoms with Crippen LogP contribution in [0.4, 0.5) is 0 Å². The van der Waals surface area contributed by atoms with E-state index in [4.69, 9.17) is 9.47 Å². The third-order valence-electron chi connectivity index (χ3n) is 8.73. The highest BCUT2D eigenvalue weighted by Crippen LogP contribution is 2.64. The Hall–Kier alpha value is -3.11. The van der Waals surface area contributed by atoms with Gasteiger partial charge in [0.1, 0.15) is 12.4 Å². The zero-order chi connectivity index (χ0) is 26.9. The van der Waals surface area contributed by atoms with Crippen LogP contribution in [-0.2, 0) is 28.8 Å². The van der Waals surface area contributed by atoms with Crippen LogP contribution in [0.2, 0.25) is 0 Å². The molecule has 2 aliphatic carbocycles. The fraction of sp³-hybridized carbons (Fsp3) is 0.441. The van der Waals surface area contributed by atoms with E-state index >= 15 is 0 Å². The molecule has 0 radical (unpaired) electrons. The number of hydrogen-bond donors (Lipinski definition) is 0. The molecule has 0 saturated heterocycles. The molecular weight excluding hydrogens is 472 g/mol. The highest BCUT2D eigenvalue weighted by atomic mass is 16.5. The molecule has 1 fully saturated rings. The summed E-state index contributed by atoms with van der Waals surface area (Å²) in [6.07, 6.45) is 5.40. The van der Waals surface area contributed by atoms with Gasteiger partial charge in [0.2, 0.25) is 0 Å². The molecule has 1 saturated carbocycles. The van der Waals surface area contributed by atoms with Crippen molar-refractivity contribution in [2.75, 3.05) is 19.8 Å². The lowest BCUT2D eigenvalue weighted by atomic mass is 9.86. The van der Waals surface area contributed by atoms with Crippen molar-refractivity contribution in [2.24, 2.45) is 5.41 Å². The summed E-state index contributed by atoms with van der Waals surface area (Å²) >= 11 is 0. The maximum atomic E-state index is 11.4. The first kappa shape index (κ1) is 26.5. The number of aryl methyl sites for hydroxylation is 4. The molecule has 3 aromatic carbocycles. The van der Waals surface area contributed by atoms with E-state index in [0.29, 0.717) is 19.8 Å². The number of carboxylic acid groups (broad SMARTS) is 1. The van der Waals surface area contributed by atoms with Crippen LogP contribution in [0.15, 0.2) is 48.5 Å². The van der Waals surface area contributed by atoms with Crippen LogP contribution >= 0.6 is 0 Å². The molecule has 0 N–H and O–H groups in total.